The van der Waals surface area contributed by atoms with Gasteiger partial charge in [0.15, 0.2) is 5.82 Å². The van der Waals surface area contributed by atoms with Crippen molar-refractivity contribution < 1.29 is 4.39 Å². The Morgan fingerprint density at radius 2 is 1.95 bits per heavy atom. The van der Waals surface area contributed by atoms with E-state index in [0.29, 0.717) is 22.6 Å². The van der Waals surface area contributed by atoms with E-state index < -0.39 is 5.82 Å². The molecule has 0 radical (unpaired) electrons. The number of anilines is 1. The molecule has 0 aromatic carbocycles. The number of pyridine rings is 2. The number of hydrogen-bond donors (Lipinski definition) is 1. The van der Waals surface area contributed by atoms with E-state index in [9.17, 15) is 4.39 Å². The summed E-state index contributed by atoms with van der Waals surface area (Å²) in [6.07, 6.45) is 6.03. The first-order valence-corrected chi connectivity index (χ1v) is 6.01. The SMILES string of the molecule is Cn1nc(-c2ccncc2F)c(-c2cccnc2)c1N. The fraction of sp³-hybridized carbons (Fsp3) is 0.0714. The third-order valence-electron chi connectivity index (χ3n) is 3.07. The molecular weight excluding hydrogens is 257 g/mol. The summed E-state index contributed by atoms with van der Waals surface area (Å²) in [7, 11) is 1.72. The molecule has 0 aliphatic rings. The van der Waals surface area contributed by atoms with Crippen LogP contribution in [0.4, 0.5) is 10.2 Å². The summed E-state index contributed by atoms with van der Waals surface area (Å²) in [6, 6.07) is 5.24. The van der Waals surface area contributed by atoms with Gasteiger partial charge in [-0.3, -0.25) is 14.6 Å². The Hall–Kier alpha value is -2.76. The van der Waals surface area contributed by atoms with E-state index >= 15 is 0 Å². The van der Waals surface area contributed by atoms with Crippen molar-refractivity contribution in [1.82, 2.24) is 19.7 Å². The van der Waals surface area contributed by atoms with Gasteiger partial charge in [0.05, 0.1) is 11.8 Å². The lowest BCUT2D eigenvalue weighted by Gasteiger charge is -2.04. The molecule has 3 aromatic heterocycles. The number of nitrogens with two attached hydrogens (primary N) is 1. The highest BCUT2D eigenvalue weighted by Gasteiger charge is 2.19. The third kappa shape index (κ3) is 1.91. The van der Waals surface area contributed by atoms with Crippen molar-refractivity contribution in [1.29, 1.82) is 0 Å². The van der Waals surface area contributed by atoms with Crippen LogP contribution in [0.3, 0.4) is 0 Å². The average Bonchev–Trinajstić information content (AvgIpc) is 2.76. The molecule has 3 rings (SSSR count). The Bertz CT molecular complexity index is 752. The van der Waals surface area contributed by atoms with Gasteiger partial charge in [0, 0.05) is 36.8 Å². The van der Waals surface area contributed by atoms with Gasteiger partial charge >= 0.3 is 0 Å². The Labute approximate surface area is 114 Å². The van der Waals surface area contributed by atoms with Gasteiger partial charge in [0.2, 0.25) is 0 Å². The second-order valence-electron chi connectivity index (χ2n) is 4.33. The second-order valence-corrected chi connectivity index (χ2v) is 4.33. The summed E-state index contributed by atoms with van der Waals surface area (Å²) in [5.41, 5.74) is 8.38. The van der Waals surface area contributed by atoms with Crippen LogP contribution in [0.15, 0.2) is 43.0 Å². The molecule has 0 saturated carbocycles. The van der Waals surface area contributed by atoms with Gasteiger partial charge in [0.1, 0.15) is 11.5 Å². The molecule has 20 heavy (non-hydrogen) atoms. The summed E-state index contributed by atoms with van der Waals surface area (Å²) in [5.74, 6) is 0.0277. The maximum absolute atomic E-state index is 13.9. The number of rotatable bonds is 2. The molecule has 0 aliphatic heterocycles. The van der Waals surface area contributed by atoms with Crippen LogP contribution < -0.4 is 5.73 Å². The van der Waals surface area contributed by atoms with E-state index in [4.69, 9.17) is 5.73 Å². The second kappa shape index (κ2) is 4.73. The van der Waals surface area contributed by atoms with E-state index in [-0.39, 0.29) is 0 Å². The van der Waals surface area contributed by atoms with Gasteiger partial charge in [-0.1, -0.05) is 6.07 Å². The molecule has 0 spiro atoms. The van der Waals surface area contributed by atoms with Crippen LogP contribution in [0, 0.1) is 5.82 Å². The summed E-state index contributed by atoms with van der Waals surface area (Å²) < 4.78 is 15.5. The number of nitrogen functional groups attached to an aromatic ring is 1. The van der Waals surface area contributed by atoms with Gasteiger partial charge in [-0.05, 0) is 12.1 Å². The molecule has 2 N–H and O–H groups in total. The van der Waals surface area contributed by atoms with Crippen LogP contribution in [0.5, 0.6) is 0 Å². The van der Waals surface area contributed by atoms with E-state index in [1.807, 2.05) is 6.07 Å². The number of hydrogen-bond acceptors (Lipinski definition) is 4. The minimum Gasteiger partial charge on any atom is -0.383 e. The maximum atomic E-state index is 13.9. The first-order chi connectivity index (χ1) is 9.68. The zero-order valence-corrected chi connectivity index (χ0v) is 10.8. The molecule has 0 unspecified atom stereocenters. The summed E-state index contributed by atoms with van der Waals surface area (Å²) >= 11 is 0. The maximum Gasteiger partial charge on any atom is 0.150 e. The Balaban J connectivity index is 2.28. The molecule has 100 valence electrons. The molecular formula is C14H12FN5. The molecule has 0 fully saturated rings. The third-order valence-corrected chi connectivity index (χ3v) is 3.07. The zero-order chi connectivity index (χ0) is 14.1. The molecule has 3 aromatic rings. The van der Waals surface area contributed by atoms with E-state index in [0.717, 1.165) is 11.8 Å². The summed E-state index contributed by atoms with van der Waals surface area (Å²) in [5, 5.41) is 4.31. The van der Waals surface area contributed by atoms with Crippen LogP contribution in [0.2, 0.25) is 0 Å². The fourth-order valence-corrected chi connectivity index (χ4v) is 2.09. The van der Waals surface area contributed by atoms with Gasteiger partial charge in [-0.2, -0.15) is 5.10 Å². The highest BCUT2D eigenvalue weighted by Crippen LogP contribution is 2.36. The Kier molecular flexibility index (Phi) is 2.90. The highest BCUT2D eigenvalue weighted by atomic mass is 19.1. The molecule has 0 aliphatic carbocycles. The summed E-state index contributed by atoms with van der Waals surface area (Å²) in [4.78, 5) is 7.82. The number of aromatic nitrogens is 4. The van der Waals surface area contributed by atoms with Gasteiger partial charge in [0.25, 0.3) is 0 Å². The van der Waals surface area contributed by atoms with E-state index in [1.165, 1.54) is 10.9 Å². The van der Waals surface area contributed by atoms with Crippen molar-refractivity contribution in [3.8, 4) is 22.4 Å². The average molecular weight is 269 g/mol. The Morgan fingerprint density at radius 3 is 2.65 bits per heavy atom. The van der Waals surface area contributed by atoms with Crippen molar-refractivity contribution in [3.05, 3.63) is 48.8 Å². The van der Waals surface area contributed by atoms with Gasteiger partial charge in [-0.25, -0.2) is 4.39 Å². The Morgan fingerprint density at radius 1 is 1.15 bits per heavy atom. The molecule has 5 nitrogen and oxygen atoms in total. The fourth-order valence-electron chi connectivity index (χ4n) is 2.09. The minimum absolute atomic E-state index is 0.367. The summed E-state index contributed by atoms with van der Waals surface area (Å²) in [6.45, 7) is 0. The van der Waals surface area contributed by atoms with Crippen molar-refractivity contribution in [3.63, 3.8) is 0 Å². The van der Waals surface area contributed by atoms with E-state index in [1.54, 1.807) is 31.6 Å². The van der Waals surface area contributed by atoms with Crippen LogP contribution in [0.1, 0.15) is 0 Å². The lowest BCUT2D eigenvalue weighted by atomic mass is 10.0. The molecule has 0 amide bonds. The van der Waals surface area contributed by atoms with Gasteiger partial charge in [-0.15, -0.1) is 0 Å². The van der Waals surface area contributed by atoms with Crippen LogP contribution in [-0.4, -0.2) is 19.7 Å². The highest BCUT2D eigenvalue weighted by molar-refractivity contribution is 5.87. The predicted octanol–water partition coefficient (Wildman–Crippen LogP) is 2.27. The van der Waals surface area contributed by atoms with E-state index in [2.05, 4.69) is 15.1 Å². The lowest BCUT2D eigenvalue weighted by Crippen LogP contribution is -1.98. The first-order valence-electron chi connectivity index (χ1n) is 6.01. The largest absolute Gasteiger partial charge is 0.383 e. The van der Waals surface area contributed by atoms with Crippen LogP contribution in [0.25, 0.3) is 22.4 Å². The standard InChI is InChI=1S/C14H12FN5/c1-20-14(16)12(9-3-2-5-17-7-9)13(19-20)10-4-6-18-8-11(10)15/h2-8H,16H2,1H3. The van der Waals surface area contributed by atoms with Gasteiger partial charge < -0.3 is 5.73 Å². The van der Waals surface area contributed by atoms with Crippen LogP contribution in [-0.2, 0) is 7.05 Å². The van der Waals surface area contributed by atoms with Crippen molar-refractivity contribution in [2.24, 2.45) is 7.05 Å². The molecule has 6 heteroatoms. The quantitative estimate of drug-likeness (QED) is 0.774. The predicted molar refractivity (Wildman–Crippen MR) is 74.0 cm³/mol. The zero-order valence-electron chi connectivity index (χ0n) is 10.8. The van der Waals surface area contributed by atoms with Crippen molar-refractivity contribution >= 4 is 5.82 Å². The lowest BCUT2D eigenvalue weighted by molar-refractivity contribution is 0.623. The monoisotopic (exact) mass is 269 g/mol. The van der Waals surface area contributed by atoms with Crippen molar-refractivity contribution in [2.75, 3.05) is 5.73 Å². The minimum atomic E-state index is -0.434. The number of aryl methyl sites for hydroxylation is 1. The number of nitrogens with zero attached hydrogens (tertiary/aromatic N) is 4. The molecule has 0 bridgehead atoms. The molecule has 0 atom stereocenters. The molecule has 3 heterocycles. The normalized spacial score (nSPS) is 10.7. The van der Waals surface area contributed by atoms with Crippen LogP contribution >= 0.6 is 0 Å². The number of halogens is 1. The topological polar surface area (TPSA) is 69.6 Å². The molecule has 0 saturated heterocycles. The van der Waals surface area contributed by atoms with Crippen molar-refractivity contribution in [2.45, 2.75) is 0 Å². The first kappa shape index (κ1) is 12.3. The smallest absolute Gasteiger partial charge is 0.150 e.